The van der Waals surface area contributed by atoms with Crippen molar-refractivity contribution in [2.45, 2.75) is 39.3 Å². The predicted molar refractivity (Wildman–Crippen MR) is 75.2 cm³/mol. The molecule has 102 valence electrons. The number of aromatic nitrogens is 1. The molecule has 4 nitrogen and oxygen atoms in total. The molecule has 1 fully saturated rings. The van der Waals surface area contributed by atoms with Crippen molar-refractivity contribution in [2.75, 3.05) is 26.2 Å². The summed E-state index contributed by atoms with van der Waals surface area (Å²) in [4.78, 5) is 5.83. The predicted octanol–water partition coefficient (Wildman–Crippen LogP) is 1.79. The summed E-state index contributed by atoms with van der Waals surface area (Å²) >= 11 is 1.79. The van der Waals surface area contributed by atoms with E-state index in [9.17, 15) is 0 Å². The highest BCUT2D eigenvalue weighted by atomic mass is 32.1. The molecular formula is C13H23N3OS. The van der Waals surface area contributed by atoms with Gasteiger partial charge in [-0.1, -0.05) is 0 Å². The van der Waals surface area contributed by atoms with Crippen LogP contribution in [-0.2, 0) is 4.74 Å². The van der Waals surface area contributed by atoms with Crippen LogP contribution in [0.1, 0.15) is 35.0 Å². The molecule has 5 heteroatoms. The van der Waals surface area contributed by atoms with Crippen LogP contribution in [-0.4, -0.2) is 37.3 Å². The first-order valence-corrected chi connectivity index (χ1v) is 7.48. The number of rotatable bonds is 5. The Morgan fingerprint density at radius 3 is 3.00 bits per heavy atom. The van der Waals surface area contributed by atoms with E-state index in [1.165, 1.54) is 4.88 Å². The first-order chi connectivity index (χ1) is 8.66. The topological polar surface area (TPSA) is 46.2 Å². The Bertz CT molecular complexity index is 374. The molecule has 2 atom stereocenters. The number of hydrogen-bond acceptors (Lipinski definition) is 5. The highest BCUT2D eigenvalue weighted by Crippen LogP contribution is 2.24. The van der Waals surface area contributed by atoms with Gasteiger partial charge in [0.05, 0.1) is 23.4 Å². The second-order valence-electron chi connectivity index (χ2n) is 4.84. The van der Waals surface area contributed by atoms with Gasteiger partial charge < -0.3 is 15.4 Å². The molecule has 2 heterocycles. The van der Waals surface area contributed by atoms with Crippen molar-refractivity contribution in [1.82, 2.24) is 15.6 Å². The van der Waals surface area contributed by atoms with E-state index >= 15 is 0 Å². The molecule has 0 radical (unpaired) electrons. The van der Waals surface area contributed by atoms with Gasteiger partial charge >= 0.3 is 0 Å². The van der Waals surface area contributed by atoms with Crippen molar-refractivity contribution in [3.63, 3.8) is 0 Å². The van der Waals surface area contributed by atoms with Gasteiger partial charge in [0.15, 0.2) is 0 Å². The maximum absolute atomic E-state index is 5.68. The fraction of sp³-hybridized carbons (Fsp3) is 0.769. The molecule has 1 aromatic heterocycles. The van der Waals surface area contributed by atoms with E-state index in [-0.39, 0.29) is 0 Å². The minimum absolute atomic E-state index is 0.364. The van der Waals surface area contributed by atoms with Gasteiger partial charge in [-0.2, -0.15) is 0 Å². The normalized spacial score (nSPS) is 22.1. The number of nitrogens with one attached hydrogen (secondary N) is 2. The van der Waals surface area contributed by atoms with Gasteiger partial charge in [0.2, 0.25) is 0 Å². The molecule has 2 unspecified atom stereocenters. The largest absolute Gasteiger partial charge is 0.376 e. The van der Waals surface area contributed by atoms with Crippen LogP contribution < -0.4 is 10.6 Å². The number of morpholine rings is 1. The maximum atomic E-state index is 5.68. The average molecular weight is 269 g/mol. The Kier molecular flexibility index (Phi) is 5.12. The van der Waals surface area contributed by atoms with Gasteiger partial charge in [0.1, 0.15) is 0 Å². The highest BCUT2D eigenvalue weighted by Gasteiger charge is 2.15. The Morgan fingerprint density at radius 2 is 2.39 bits per heavy atom. The van der Waals surface area contributed by atoms with Crippen LogP contribution >= 0.6 is 11.3 Å². The summed E-state index contributed by atoms with van der Waals surface area (Å²) in [6, 6.07) is 0.382. The van der Waals surface area contributed by atoms with Gasteiger partial charge in [-0.3, -0.25) is 0 Å². The third-order valence-corrected chi connectivity index (χ3v) is 4.51. The molecular weight excluding hydrogens is 246 g/mol. The van der Waals surface area contributed by atoms with Crippen molar-refractivity contribution in [3.05, 3.63) is 15.6 Å². The summed E-state index contributed by atoms with van der Waals surface area (Å²) in [5.41, 5.74) is 1.16. The number of thiazole rings is 1. The first-order valence-electron chi connectivity index (χ1n) is 6.66. The van der Waals surface area contributed by atoms with Crippen molar-refractivity contribution < 1.29 is 4.74 Å². The van der Waals surface area contributed by atoms with Gasteiger partial charge in [0.25, 0.3) is 0 Å². The molecule has 0 spiro atoms. The first kappa shape index (κ1) is 13.9. The zero-order valence-corrected chi connectivity index (χ0v) is 12.3. The third-order valence-electron chi connectivity index (χ3n) is 3.25. The van der Waals surface area contributed by atoms with Crippen LogP contribution in [0.2, 0.25) is 0 Å². The van der Waals surface area contributed by atoms with Crippen LogP contribution in [0.15, 0.2) is 0 Å². The standard InChI is InChI=1S/C13H23N3OS/c1-9(13-10(2)16-11(3)18-13)15-5-4-12-8-14-6-7-17-12/h9,12,14-15H,4-8H2,1-3H3. The number of aryl methyl sites for hydroxylation is 2. The van der Waals surface area contributed by atoms with Gasteiger partial charge in [-0.15, -0.1) is 11.3 Å². The molecule has 1 aromatic rings. The van der Waals surface area contributed by atoms with Crippen LogP contribution in [0.3, 0.4) is 0 Å². The maximum Gasteiger partial charge on any atom is 0.0900 e. The van der Waals surface area contributed by atoms with Crippen LogP contribution in [0.4, 0.5) is 0 Å². The number of hydrogen-bond donors (Lipinski definition) is 2. The van der Waals surface area contributed by atoms with Gasteiger partial charge in [-0.05, 0) is 33.7 Å². The molecule has 1 aliphatic heterocycles. The second-order valence-corrected chi connectivity index (χ2v) is 6.08. The fourth-order valence-electron chi connectivity index (χ4n) is 2.31. The van der Waals surface area contributed by atoms with E-state index in [0.717, 1.165) is 43.4 Å². The van der Waals surface area contributed by atoms with Crippen LogP contribution in [0, 0.1) is 13.8 Å². The number of nitrogens with zero attached hydrogens (tertiary/aromatic N) is 1. The minimum Gasteiger partial charge on any atom is -0.376 e. The lowest BCUT2D eigenvalue weighted by atomic mass is 10.2. The average Bonchev–Trinajstić information content (AvgIpc) is 2.70. The number of ether oxygens (including phenoxy) is 1. The van der Waals surface area contributed by atoms with Gasteiger partial charge in [0, 0.05) is 24.0 Å². The quantitative estimate of drug-likeness (QED) is 0.855. The van der Waals surface area contributed by atoms with Crippen LogP contribution in [0.25, 0.3) is 0 Å². The Hall–Kier alpha value is -0.490. The summed E-state index contributed by atoms with van der Waals surface area (Å²) in [5, 5.41) is 8.07. The Labute approximate surface area is 113 Å². The van der Waals surface area contributed by atoms with Crippen molar-refractivity contribution in [1.29, 1.82) is 0 Å². The SMILES string of the molecule is Cc1nc(C)c(C(C)NCCC2CNCCO2)s1. The summed E-state index contributed by atoms with van der Waals surface area (Å²) in [5.74, 6) is 0. The summed E-state index contributed by atoms with van der Waals surface area (Å²) < 4.78 is 5.68. The van der Waals surface area contributed by atoms with E-state index in [4.69, 9.17) is 4.74 Å². The smallest absolute Gasteiger partial charge is 0.0900 e. The molecule has 0 aromatic carbocycles. The fourth-order valence-corrected chi connectivity index (χ4v) is 3.26. The lowest BCUT2D eigenvalue weighted by molar-refractivity contribution is 0.0235. The minimum atomic E-state index is 0.364. The van der Waals surface area contributed by atoms with E-state index in [2.05, 4.69) is 36.4 Å². The third kappa shape index (κ3) is 3.75. The molecule has 0 bridgehead atoms. The molecule has 2 rings (SSSR count). The molecule has 1 aliphatic rings. The summed E-state index contributed by atoms with van der Waals surface area (Å²) in [7, 11) is 0. The zero-order valence-electron chi connectivity index (χ0n) is 11.5. The molecule has 2 N–H and O–H groups in total. The highest BCUT2D eigenvalue weighted by molar-refractivity contribution is 7.11. The molecule has 1 saturated heterocycles. The monoisotopic (exact) mass is 269 g/mol. The molecule has 0 amide bonds. The molecule has 18 heavy (non-hydrogen) atoms. The van der Waals surface area contributed by atoms with Crippen molar-refractivity contribution in [3.8, 4) is 0 Å². The van der Waals surface area contributed by atoms with E-state index in [0.29, 0.717) is 12.1 Å². The van der Waals surface area contributed by atoms with E-state index in [1.54, 1.807) is 11.3 Å². The Balaban J connectivity index is 1.74. The lowest BCUT2D eigenvalue weighted by Gasteiger charge is -2.24. The van der Waals surface area contributed by atoms with Crippen molar-refractivity contribution >= 4 is 11.3 Å². The summed E-state index contributed by atoms with van der Waals surface area (Å²) in [6.07, 6.45) is 1.43. The lowest BCUT2D eigenvalue weighted by Crippen LogP contribution is -2.40. The van der Waals surface area contributed by atoms with Gasteiger partial charge in [-0.25, -0.2) is 4.98 Å². The van der Waals surface area contributed by atoms with Crippen LogP contribution in [0.5, 0.6) is 0 Å². The van der Waals surface area contributed by atoms with E-state index in [1.807, 2.05) is 0 Å². The Morgan fingerprint density at radius 1 is 1.56 bits per heavy atom. The second kappa shape index (κ2) is 6.61. The summed E-state index contributed by atoms with van der Waals surface area (Å²) in [6.45, 7) is 10.2. The van der Waals surface area contributed by atoms with E-state index < -0.39 is 0 Å². The molecule has 0 saturated carbocycles. The zero-order chi connectivity index (χ0) is 13.0. The molecule has 0 aliphatic carbocycles. The van der Waals surface area contributed by atoms with Crippen molar-refractivity contribution in [2.24, 2.45) is 0 Å².